The fraction of sp³-hybridized carbons (Fsp3) is 0.333. The van der Waals surface area contributed by atoms with Gasteiger partial charge in [-0.05, 0) is 36.6 Å². The molecule has 8 heteroatoms. The highest BCUT2D eigenvalue weighted by Crippen LogP contribution is 2.34. The Hall–Kier alpha value is -2.71. The van der Waals surface area contributed by atoms with Gasteiger partial charge in [0.05, 0.1) is 6.54 Å². The van der Waals surface area contributed by atoms with E-state index in [4.69, 9.17) is 0 Å². The molecule has 1 N–H and O–H groups in total. The summed E-state index contributed by atoms with van der Waals surface area (Å²) in [5.41, 5.74) is -0.770. The summed E-state index contributed by atoms with van der Waals surface area (Å²) in [6, 6.07) is 9.58. The van der Waals surface area contributed by atoms with Gasteiger partial charge >= 0.3 is 0 Å². The first kappa shape index (κ1) is 19.6. The molecule has 1 heterocycles. The molecule has 5 nitrogen and oxygen atoms in total. The monoisotopic (exact) mass is 402 g/mol. The molecule has 0 saturated heterocycles. The first-order chi connectivity index (χ1) is 13.9. The summed E-state index contributed by atoms with van der Waals surface area (Å²) in [6.45, 7) is 0.549. The van der Waals surface area contributed by atoms with Crippen molar-refractivity contribution in [2.24, 2.45) is 0 Å². The number of aromatic nitrogens is 3. The van der Waals surface area contributed by atoms with E-state index in [9.17, 15) is 18.3 Å². The van der Waals surface area contributed by atoms with Crippen LogP contribution in [0.5, 0.6) is 0 Å². The smallest absolute Gasteiger partial charge is 0.137 e. The lowest BCUT2D eigenvalue weighted by atomic mass is 9.92. The Kier molecular flexibility index (Phi) is 5.38. The van der Waals surface area contributed by atoms with E-state index < -0.39 is 17.2 Å². The summed E-state index contributed by atoms with van der Waals surface area (Å²) in [5.74, 6) is -1.84. The maximum atomic E-state index is 14.6. The average Bonchev–Trinajstić information content (AvgIpc) is 3.41. The second-order valence-corrected chi connectivity index (χ2v) is 7.51. The van der Waals surface area contributed by atoms with Gasteiger partial charge in [-0.3, -0.25) is 4.90 Å². The minimum atomic E-state index is -1.66. The van der Waals surface area contributed by atoms with Crippen molar-refractivity contribution >= 4 is 0 Å². The SMILES string of the molecule is OC(CN(Cc1ccc(F)cc1)C1CC1)(Cn1cncn1)c1ccc(F)cc1F. The van der Waals surface area contributed by atoms with Crippen LogP contribution in [-0.2, 0) is 18.7 Å². The Morgan fingerprint density at radius 3 is 2.41 bits per heavy atom. The van der Waals surface area contributed by atoms with Crippen LogP contribution < -0.4 is 0 Å². The molecule has 1 saturated carbocycles. The number of aliphatic hydroxyl groups is 1. The van der Waals surface area contributed by atoms with Crippen molar-refractivity contribution in [2.45, 2.75) is 37.6 Å². The van der Waals surface area contributed by atoms with Crippen LogP contribution in [0, 0.1) is 17.5 Å². The van der Waals surface area contributed by atoms with Gasteiger partial charge in [-0.1, -0.05) is 18.2 Å². The van der Waals surface area contributed by atoms with Crippen molar-refractivity contribution < 1.29 is 18.3 Å². The molecule has 1 aliphatic rings. The summed E-state index contributed by atoms with van der Waals surface area (Å²) in [6.07, 6.45) is 4.70. The zero-order valence-electron chi connectivity index (χ0n) is 15.7. The van der Waals surface area contributed by atoms with Crippen LogP contribution in [0.15, 0.2) is 55.1 Å². The summed E-state index contributed by atoms with van der Waals surface area (Å²) in [5, 5.41) is 15.6. The molecule has 1 unspecified atom stereocenters. The number of halogens is 3. The van der Waals surface area contributed by atoms with Crippen molar-refractivity contribution in [1.82, 2.24) is 19.7 Å². The standard InChI is InChI=1S/C21H21F3N4O/c22-16-3-1-15(2-4-16)10-27(18-6-7-18)11-21(29,12-28-14-25-13-26-28)19-8-5-17(23)9-20(19)24/h1-5,8-9,13-14,18,29H,6-7,10-12H2. The average molecular weight is 402 g/mol. The first-order valence-electron chi connectivity index (χ1n) is 9.42. The lowest BCUT2D eigenvalue weighted by molar-refractivity contribution is -0.0259. The van der Waals surface area contributed by atoms with Crippen molar-refractivity contribution in [3.05, 3.63) is 83.7 Å². The largest absolute Gasteiger partial charge is 0.382 e. The van der Waals surface area contributed by atoms with E-state index >= 15 is 0 Å². The third-order valence-corrected chi connectivity index (χ3v) is 5.15. The molecular weight excluding hydrogens is 381 g/mol. The van der Waals surface area contributed by atoms with E-state index in [1.54, 1.807) is 12.1 Å². The third kappa shape index (κ3) is 4.65. The van der Waals surface area contributed by atoms with Crippen LogP contribution in [0.3, 0.4) is 0 Å². The molecule has 0 radical (unpaired) electrons. The number of hydrogen-bond acceptors (Lipinski definition) is 4. The van der Waals surface area contributed by atoms with Crippen molar-refractivity contribution in [1.29, 1.82) is 0 Å². The maximum Gasteiger partial charge on any atom is 0.137 e. The Labute approximate surface area is 166 Å². The van der Waals surface area contributed by atoms with Crippen LogP contribution in [0.1, 0.15) is 24.0 Å². The Morgan fingerprint density at radius 1 is 1.07 bits per heavy atom. The fourth-order valence-corrected chi connectivity index (χ4v) is 3.58. The molecule has 1 atom stereocenters. The predicted molar refractivity (Wildman–Crippen MR) is 100 cm³/mol. The van der Waals surface area contributed by atoms with E-state index in [0.29, 0.717) is 6.54 Å². The van der Waals surface area contributed by atoms with Crippen LogP contribution in [-0.4, -0.2) is 37.4 Å². The topological polar surface area (TPSA) is 54.2 Å². The Bertz CT molecular complexity index is 961. The molecular formula is C21H21F3N4O. The third-order valence-electron chi connectivity index (χ3n) is 5.15. The van der Waals surface area contributed by atoms with Gasteiger partial charge in [-0.15, -0.1) is 0 Å². The number of nitrogens with zero attached hydrogens (tertiary/aromatic N) is 4. The van der Waals surface area contributed by atoms with Crippen LogP contribution in [0.4, 0.5) is 13.2 Å². The molecule has 1 aliphatic carbocycles. The molecule has 0 spiro atoms. The van der Waals surface area contributed by atoms with Crippen LogP contribution in [0.2, 0.25) is 0 Å². The molecule has 1 fully saturated rings. The maximum absolute atomic E-state index is 14.6. The molecule has 0 aliphatic heterocycles. The highest BCUT2D eigenvalue weighted by atomic mass is 19.1. The molecule has 152 valence electrons. The molecule has 0 amide bonds. The Morgan fingerprint density at radius 2 is 1.79 bits per heavy atom. The van der Waals surface area contributed by atoms with Gasteiger partial charge in [0.1, 0.15) is 35.7 Å². The van der Waals surface area contributed by atoms with Crippen LogP contribution in [0.25, 0.3) is 0 Å². The zero-order valence-corrected chi connectivity index (χ0v) is 15.7. The van der Waals surface area contributed by atoms with Gasteiger partial charge in [-0.2, -0.15) is 5.10 Å². The quantitative estimate of drug-likeness (QED) is 0.629. The van der Waals surface area contributed by atoms with Gasteiger partial charge < -0.3 is 5.11 Å². The van der Waals surface area contributed by atoms with Crippen LogP contribution >= 0.6 is 0 Å². The minimum Gasteiger partial charge on any atom is -0.382 e. The zero-order chi connectivity index (χ0) is 20.4. The van der Waals surface area contributed by atoms with E-state index in [1.807, 2.05) is 4.90 Å². The summed E-state index contributed by atoms with van der Waals surface area (Å²) < 4.78 is 42.7. The minimum absolute atomic E-state index is 0.000781. The molecule has 2 aromatic carbocycles. The number of benzene rings is 2. The second kappa shape index (κ2) is 7.96. The van der Waals surface area contributed by atoms with E-state index in [-0.39, 0.29) is 30.5 Å². The molecule has 4 rings (SSSR count). The van der Waals surface area contributed by atoms with Gasteiger partial charge in [0.15, 0.2) is 0 Å². The highest BCUT2D eigenvalue weighted by Gasteiger charge is 2.39. The predicted octanol–water partition coefficient (Wildman–Crippen LogP) is 3.25. The van der Waals surface area contributed by atoms with Crippen molar-refractivity contribution in [3.63, 3.8) is 0 Å². The van der Waals surface area contributed by atoms with Gasteiger partial charge in [-0.25, -0.2) is 22.8 Å². The summed E-state index contributed by atoms with van der Waals surface area (Å²) >= 11 is 0. The number of rotatable bonds is 8. The van der Waals surface area contributed by atoms with Gasteiger partial charge in [0.25, 0.3) is 0 Å². The van der Waals surface area contributed by atoms with E-state index in [1.165, 1.54) is 35.5 Å². The summed E-state index contributed by atoms with van der Waals surface area (Å²) in [4.78, 5) is 5.93. The second-order valence-electron chi connectivity index (χ2n) is 7.51. The van der Waals surface area contributed by atoms with E-state index in [2.05, 4.69) is 10.1 Å². The van der Waals surface area contributed by atoms with Gasteiger partial charge in [0.2, 0.25) is 0 Å². The molecule has 0 bridgehead atoms. The summed E-state index contributed by atoms with van der Waals surface area (Å²) in [7, 11) is 0. The molecule has 3 aromatic rings. The first-order valence-corrected chi connectivity index (χ1v) is 9.42. The lowest BCUT2D eigenvalue weighted by Crippen LogP contribution is -2.45. The van der Waals surface area contributed by atoms with Gasteiger partial charge in [0, 0.05) is 30.8 Å². The molecule has 29 heavy (non-hydrogen) atoms. The fourth-order valence-electron chi connectivity index (χ4n) is 3.58. The lowest BCUT2D eigenvalue weighted by Gasteiger charge is -2.35. The van der Waals surface area contributed by atoms with E-state index in [0.717, 1.165) is 30.5 Å². The molecule has 1 aromatic heterocycles. The Balaban J connectivity index is 1.64. The van der Waals surface area contributed by atoms with Crippen molar-refractivity contribution in [2.75, 3.05) is 6.54 Å². The highest BCUT2D eigenvalue weighted by molar-refractivity contribution is 5.26. The van der Waals surface area contributed by atoms with Crippen molar-refractivity contribution in [3.8, 4) is 0 Å². The number of hydrogen-bond donors (Lipinski definition) is 1. The normalized spacial score (nSPS) is 16.2.